The normalized spacial score (nSPS) is 13.6. The van der Waals surface area contributed by atoms with Gasteiger partial charge in [-0.2, -0.15) is 0 Å². The van der Waals surface area contributed by atoms with E-state index in [4.69, 9.17) is 16.3 Å². The Morgan fingerprint density at radius 1 is 1.13 bits per heavy atom. The van der Waals surface area contributed by atoms with E-state index in [2.05, 4.69) is 5.32 Å². The highest BCUT2D eigenvalue weighted by molar-refractivity contribution is 7.92. The molecule has 4 rings (SSSR count). The zero-order valence-electron chi connectivity index (χ0n) is 16.1. The van der Waals surface area contributed by atoms with Crippen LogP contribution in [0.2, 0.25) is 4.34 Å². The van der Waals surface area contributed by atoms with Gasteiger partial charge in [-0.05, 0) is 73.0 Å². The molecule has 0 radical (unpaired) electrons. The van der Waals surface area contributed by atoms with Gasteiger partial charge in [-0.1, -0.05) is 11.6 Å². The fraction of sp³-hybridized carbons (Fsp3) is 0.190. The summed E-state index contributed by atoms with van der Waals surface area (Å²) in [5.74, 6) is 0.353. The summed E-state index contributed by atoms with van der Waals surface area (Å²) in [7, 11) is -2.16. The fourth-order valence-electron chi connectivity index (χ4n) is 3.39. The van der Waals surface area contributed by atoms with E-state index in [9.17, 15) is 13.2 Å². The lowest BCUT2D eigenvalue weighted by Crippen LogP contribution is -2.35. The van der Waals surface area contributed by atoms with Crippen molar-refractivity contribution in [1.29, 1.82) is 0 Å². The second-order valence-electron chi connectivity index (χ2n) is 6.76. The smallest absolute Gasteiger partial charge is 0.265 e. The van der Waals surface area contributed by atoms with Crippen molar-refractivity contribution in [2.24, 2.45) is 0 Å². The number of ether oxygens (including phenoxy) is 1. The number of carbonyl (C=O) groups is 1. The van der Waals surface area contributed by atoms with Crippen molar-refractivity contribution in [3.05, 3.63) is 69.4 Å². The van der Waals surface area contributed by atoms with Crippen LogP contribution in [-0.2, 0) is 16.4 Å². The zero-order chi connectivity index (χ0) is 21.3. The van der Waals surface area contributed by atoms with Gasteiger partial charge in [-0.25, -0.2) is 8.42 Å². The molecule has 2 heterocycles. The molecule has 0 saturated carbocycles. The summed E-state index contributed by atoms with van der Waals surface area (Å²) in [6.07, 6.45) is 1.43. The molecule has 0 fully saturated rings. The molecule has 0 saturated heterocycles. The average Bonchev–Trinajstić information content (AvgIpc) is 3.19. The Hall–Kier alpha value is -2.55. The van der Waals surface area contributed by atoms with E-state index >= 15 is 0 Å². The second kappa shape index (κ2) is 8.29. The van der Waals surface area contributed by atoms with Crippen LogP contribution in [-0.4, -0.2) is 28.0 Å². The van der Waals surface area contributed by atoms with Crippen molar-refractivity contribution < 1.29 is 17.9 Å². The molecule has 1 aliphatic rings. The molecule has 0 atom stereocenters. The lowest BCUT2D eigenvalue weighted by Gasteiger charge is -2.31. The van der Waals surface area contributed by atoms with Crippen molar-refractivity contribution in [2.75, 3.05) is 23.3 Å². The molecule has 30 heavy (non-hydrogen) atoms. The lowest BCUT2D eigenvalue weighted by atomic mass is 10.0. The molecule has 0 aliphatic carbocycles. The van der Waals surface area contributed by atoms with Gasteiger partial charge in [0.15, 0.2) is 0 Å². The molecule has 156 valence electrons. The molecule has 1 N–H and O–H groups in total. The van der Waals surface area contributed by atoms with E-state index in [-0.39, 0.29) is 10.8 Å². The second-order valence-corrected chi connectivity index (χ2v) is 10.3. The topological polar surface area (TPSA) is 75.7 Å². The molecule has 2 aromatic carbocycles. The quantitative estimate of drug-likeness (QED) is 0.590. The summed E-state index contributed by atoms with van der Waals surface area (Å²) >= 11 is 7.10. The van der Waals surface area contributed by atoms with E-state index in [1.807, 2.05) is 6.07 Å². The van der Waals surface area contributed by atoms with Gasteiger partial charge >= 0.3 is 0 Å². The molecule has 0 bridgehead atoms. The first kappa shape index (κ1) is 20.7. The van der Waals surface area contributed by atoms with E-state index in [1.54, 1.807) is 48.5 Å². The van der Waals surface area contributed by atoms with Crippen molar-refractivity contribution in [3.63, 3.8) is 0 Å². The first-order chi connectivity index (χ1) is 14.4. The number of methoxy groups -OCH3 is 1. The third-order valence-corrected chi connectivity index (χ3v) is 7.92. The highest BCUT2D eigenvalue weighted by Gasteiger charge is 2.29. The average molecular weight is 463 g/mol. The van der Waals surface area contributed by atoms with Gasteiger partial charge in [0.25, 0.3) is 15.9 Å². The highest BCUT2D eigenvalue weighted by atomic mass is 35.5. The lowest BCUT2D eigenvalue weighted by molar-refractivity contribution is 0.103. The van der Waals surface area contributed by atoms with E-state index < -0.39 is 10.0 Å². The van der Waals surface area contributed by atoms with E-state index in [1.165, 1.54) is 22.8 Å². The molecular weight excluding hydrogens is 444 g/mol. The molecule has 1 aromatic heterocycles. The fourth-order valence-corrected chi connectivity index (χ4v) is 5.87. The number of halogens is 1. The summed E-state index contributed by atoms with van der Waals surface area (Å²) < 4.78 is 33.5. The van der Waals surface area contributed by atoms with Crippen molar-refractivity contribution in [3.8, 4) is 5.75 Å². The number of nitrogens with one attached hydrogen (secondary N) is 1. The SMILES string of the molecule is COc1ccc(S(=O)(=O)N2CCCc3cc(NC(=O)c4ccc(Cl)s4)ccc32)cc1. The van der Waals surface area contributed by atoms with E-state index in [0.717, 1.165) is 12.0 Å². The summed E-state index contributed by atoms with van der Waals surface area (Å²) in [6, 6.07) is 15.0. The highest BCUT2D eigenvalue weighted by Crippen LogP contribution is 2.34. The standard InChI is InChI=1S/C21H19ClN2O4S2/c1-28-16-5-7-17(8-6-16)30(26,27)24-12-2-3-14-13-15(4-9-18(14)24)23-21(25)19-10-11-20(22)29-19/h4-11,13H,2-3,12H2,1H3,(H,23,25). The Morgan fingerprint density at radius 3 is 2.57 bits per heavy atom. The van der Waals surface area contributed by atoms with Crippen LogP contribution in [0.25, 0.3) is 0 Å². The Balaban J connectivity index is 1.60. The van der Waals surface area contributed by atoms with Crippen LogP contribution in [0.4, 0.5) is 11.4 Å². The Labute approximate surface area is 184 Å². The summed E-state index contributed by atoms with van der Waals surface area (Å²) in [6.45, 7) is 0.404. The van der Waals surface area contributed by atoms with Crippen LogP contribution in [0.3, 0.4) is 0 Å². The number of benzene rings is 2. The van der Waals surface area contributed by atoms with Crippen LogP contribution in [0.15, 0.2) is 59.5 Å². The summed E-state index contributed by atoms with van der Waals surface area (Å²) in [5.41, 5.74) is 2.13. The van der Waals surface area contributed by atoms with Crippen molar-refractivity contribution >= 4 is 50.2 Å². The zero-order valence-corrected chi connectivity index (χ0v) is 18.5. The molecule has 3 aromatic rings. The van der Waals surface area contributed by atoms with Gasteiger partial charge < -0.3 is 10.1 Å². The number of hydrogen-bond acceptors (Lipinski definition) is 5. The Kier molecular flexibility index (Phi) is 5.73. The van der Waals surface area contributed by atoms with Gasteiger partial charge in [0.2, 0.25) is 0 Å². The van der Waals surface area contributed by atoms with Gasteiger partial charge in [0.1, 0.15) is 5.75 Å². The first-order valence-electron chi connectivity index (χ1n) is 9.25. The number of sulfonamides is 1. The van der Waals surface area contributed by atoms with Crippen LogP contribution in [0.5, 0.6) is 5.75 Å². The van der Waals surface area contributed by atoms with Crippen LogP contribution in [0.1, 0.15) is 21.7 Å². The number of carbonyl (C=O) groups excluding carboxylic acids is 1. The number of fused-ring (bicyclic) bond motifs is 1. The predicted octanol–water partition coefficient (Wildman–Crippen LogP) is 4.80. The number of aryl methyl sites for hydroxylation is 1. The molecule has 0 spiro atoms. The maximum absolute atomic E-state index is 13.2. The largest absolute Gasteiger partial charge is 0.497 e. The number of amides is 1. The number of rotatable bonds is 5. The number of hydrogen-bond donors (Lipinski definition) is 1. The van der Waals surface area contributed by atoms with E-state index in [0.29, 0.717) is 39.3 Å². The summed E-state index contributed by atoms with van der Waals surface area (Å²) in [4.78, 5) is 13.1. The first-order valence-corrected chi connectivity index (χ1v) is 11.9. The number of anilines is 2. The van der Waals surface area contributed by atoms with Crippen LogP contribution in [0, 0.1) is 0 Å². The minimum Gasteiger partial charge on any atom is -0.497 e. The third-order valence-electron chi connectivity index (χ3n) is 4.86. The Bertz CT molecular complexity index is 1190. The van der Waals surface area contributed by atoms with Crippen LogP contribution < -0.4 is 14.4 Å². The monoisotopic (exact) mass is 462 g/mol. The number of thiophene rings is 1. The Morgan fingerprint density at radius 2 is 1.90 bits per heavy atom. The minimum atomic E-state index is -3.70. The molecule has 9 heteroatoms. The molecule has 0 unspecified atom stereocenters. The molecule has 1 aliphatic heterocycles. The van der Waals surface area contributed by atoms with Crippen molar-refractivity contribution in [1.82, 2.24) is 0 Å². The van der Waals surface area contributed by atoms with Crippen LogP contribution >= 0.6 is 22.9 Å². The predicted molar refractivity (Wildman–Crippen MR) is 120 cm³/mol. The third kappa shape index (κ3) is 4.03. The summed E-state index contributed by atoms with van der Waals surface area (Å²) in [5, 5.41) is 2.85. The maximum atomic E-state index is 13.2. The van der Waals surface area contributed by atoms with Gasteiger partial charge in [-0.3, -0.25) is 9.10 Å². The minimum absolute atomic E-state index is 0.211. The van der Waals surface area contributed by atoms with Gasteiger partial charge in [-0.15, -0.1) is 11.3 Å². The molecule has 1 amide bonds. The number of nitrogens with zero attached hydrogens (tertiary/aromatic N) is 1. The maximum Gasteiger partial charge on any atom is 0.265 e. The van der Waals surface area contributed by atoms with Crippen molar-refractivity contribution in [2.45, 2.75) is 17.7 Å². The van der Waals surface area contributed by atoms with Gasteiger partial charge in [0.05, 0.1) is 26.9 Å². The van der Waals surface area contributed by atoms with Gasteiger partial charge in [0, 0.05) is 12.2 Å². The molecular formula is C21H19ClN2O4S2. The molecule has 6 nitrogen and oxygen atoms in total.